The van der Waals surface area contributed by atoms with Crippen molar-refractivity contribution in [1.82, 2.24) is 5.06 Å². The van der Waals surface area contributed by atoms with Crippen LogP contribution in [-0.4, -0.2) is 36.8 Å². The second kappa shape index (κ2) is 4.43. The molecule has 0 fully saturated rings. The Morgan fingerprint density at radius 1 is 1.62 bits per heavy atom. The van der Waals surface area contributed by atoms with Gasteiger partial charge in [0.05, 0.1) is 13.2 Å². The molecule has 0 aliphatic carbocycles. The fourth-order valence-corrected chi connectivity index (χ4v) is 0.622. The zero-order valence-electron chi connectivity index (χ0n) is 7.26. The Bertz CT molecular complexity index is 181. The van der Waals surface area contributed by atoms with Crippen LogP contribution >= 0.6 is 0 Å². The number of rotatable bonds is 3. The van der Waals surface area contributed by atoms with Gasteiger partial charge in [0.25, 0.3) is 5.91 Å². The molecule has 0 saturated carbocycles. The van der Waals surface area contributed by atoms with Crippen LogP contribution in [0.1, 0.15) is 6.92 Å². The second-order valence-corrected chi connectivity index (χ2v) is 2.46. The van der Waals surface area contributed by atoms with Gasteiger partial charge in [0.2, 0.25) is 0 Å². The third kappa shape index (κ3) is 4.69. The molecule has 13 heavy (non-hydrogen) atoms. The largest absolute Gasteiger partial charge is 0.408 e. The van der Waals surface area contributed by atoms with Crippen molar-refractivity contribution in [3.8, 4) is 0 Å². The summed E-state index contributed by atoms with van der Waals surface area (Å²) in [7, 11) is 0.978. The summed E-state index contributed by atoms with van der Waals surface area (Å²) in [5.41, 5.74) is 5.09. The van der Waals surface area contributed by atoms with Gasteiger partial charge < -0.3 is 5.73 Å². The molecule has 0 aliphatic rings. The number of carbonyl (C=O) groups is 1. The van der Waals surface area contributed by atoms with Crippen LogP contribution in [0.2, 0.25) is 0 Å². The standard InChI is InChI=1S/C6H11F3N2O2/c1-4(10)5(12)11(13-2)3-6(7,8)9/h4H,3,10H2,1-2H3/t4-/m1/s1. The lowest BCUT2D eigenvalue weighted by atomic mass is 10.3. The minimum atomic E-state index is -4.49. The van der Waals surface area contributed by atoms with Crippen LogP contribution in [0.5, 0.6) is 0 Å². The first-order valence-electron chi connectivity index (χ1n) is 3.45. The topological polar surface area (TPSA) is 55.6 Å². The SMILES string of the molecule is CON(CC(F)(F)F)C(=O)[C@@H](C)N. The highest BCUT2D eigenvalue weighted by Crippen LogP contribution is 2.16. The molecule has 1 amide bonds. The summed E-state index contributed by atoms with van der Waals surface area (Å²) in [4.78, 5) is 15.2. The van der Waals surface area contributed by atoms with Crippen LogP contribution in [0.15, 0.2) is 0 Å². The first-order valence-corrected chi connectivity index (χ1v) is 3.45. The molecule has 0 radical (unpaired) electrons. The van der Waals surface area contributed by atoms with Gasteiger partial charge in [-0.3, -0.25) is 9.63 Å². The average Bonchev–Trinajstić information content (AvgIpc) is 1.97. The Balaban J connectivity index is 4.27. The molecule has 0 aromatic rings. The van der Waals surface area contributed by atoms with Crippen molar-refractivity contribution in [1.29, 1.82) is 0 Å². The maximum absolute atomic E-state index is 11.8. The Morgan fingerprint density at radius 2 is 2.08 bits per heavy atom. The molecule has 7 heteroatoms. The summed E-state index contributed by atoms with van der Waals surface area (Å²) >= 11 is 0. The molecular weight excluding hydrogens is 189 g/mol. The number of carbonyl (C=O) groups excluding carboxylic acids is 1. The van der Waals surface area contributed by atoms with Gasteiger partial charge in [-0.1, -0.05) is 0 Å². The Labute approximate surface area is 73.4 Å². The number of halogens is 3. The van der Waals surface area contributed by atoms with Gasteiger partial charge in [-0.15, -0.1) is 0 Å². The van der Waals surface area contributed by atoms with Crippen LogP contribution < -0.4 is 5.73 Å². The van der Waals surface area contributed by atoms with Crippen molar-refractivity contribution in [2.24, 2.45) is 5.73 Å². The number of alkyl halides is 3. The molecule has 1 atom stereocenters. The van der Waals surface area contributed by atoms with Gasteiger partial charge in [0.1, 0.15) is 6.54 Å². The lowest BCUT2D eigenvalue weighted by Crippen LogP contribution is -2.45. The normalized spacial score (nSPS) is 14.0. The average molecular weight is 200 g/mol. The van der Waals surface area contributed by atoms with E-state index in [4.69, 9.17) is 5.73 Å². The van der Waals surface area contributed by atoms with Gasteiger partial charge in [-0.05, 0) is 6.92 Å². The van der Waals surface area contributed by atoms with Crippen LogP contribution in [0, 0.1) is 0 Å². The third-order valence-electron chi connectivity index (χ3n) is 1.18. The quantitative estimate of drug-likeness (QED) is 0.666. The molecule has 0 saturated heterocycles. The van der Waals surface area contributed by atoms with Crippen LogP contribution in [-0.2, 0) is 9.63 Å². The molecule has 0 aromatic heterocycles. The highest BCUT2D eigenvalue weighted by Gasteiger charge is 2.34. The van der Waals surface area contributed by atoms with Crippen molar-refractivity contribution < 1.29 is 22.8 Å². The van der Waals surface area contributed by atoms with E-state index in [9.17, 15) is 18.0 Å². The van der Waals surface area contributed by atoms with E-state index in [2.05, 4.69) is 4.84 Å². The minimum absolute atomic E-state index is 0.185. The van der Waals surface area contributed by atoms with E-state index in [1.807, 2.05) is 0 Å². The Hall–Kier alpha value is -0.820. The van der Waals surface area contributed by atoms with Crippen molar-refractivity contribution in [3.63, 3.8) is 0 Å². The van der Waals surface area contributed by atoms with Crippen LogP contribution in [0.25, 0.3) is 0 Å². The summed E-state index contributed by atoms with van der Waals surface area (Å²) in [5.74, 6) is -0.903. The summed E-state index contributed by atoms with van der Waals surface area (Å²) in [6.07, 6.45) is -4.49. The zero-order chi connectivity index (χ0) is 10.6. The molecule has 0 unspecified atom stereocenters. The van der Waals surface area contributed by atoms with Gasteiger partial charge in [0, 0.05) is 0 Å². The molecule has 0 aromatic carbocycles. The zero-order valence-corrected chi connectivity index (χ0v) is 7.26. The monoisotopic (exact) mass is 200 g/mol. The van der Waals surface area contributed by atoms with Crippen molar-refractivity contribution in [2.45, 2.75) is 19.1 Å². The predicted molar refractivity (Wildman–Crippen MR) is 38.4 cm³/mol. The van der Waals surface area contributed by atoms with Crippen molar-refractivity contribution >= 4 is 5.91 Å². The van der Waals surface area contributed by atoms with E-state index >= 15 is 0 Å². The van der Waals surface area contributed by atoms with Crippen LogP contribution in [0.3, 0.4) is 0 Å². The molecule has 0 spiro atoms. The number of nitrogens with two attached hydrogens (primary N) is 1. The lowest BCUT2D eigenvalue weighted by Gasteiger charge is -2.22. The first kappa shape index (κ1) is 12.2. The first-order chi connectivity index (χ1) is 5.78. The van der Waals surface area contributed by atoms with E-state index in [1.54, 1.807) is 0 Å². The smallest absolute Gasteiger partial charge is 0.320 e. The van der Waals surface area contributed by atoms with Gasteiger partial charge in [0.15, 0.2) is 0 Å². The molecule has 0 heterocycles. The van der Waals surface area contributed by atoms with Crippen molar-refractivity contribution in [2.75, 3.05) is 13.7 Å². The molecular formula is C6H11F3N2O2. The van der Waals surface area contributed by atoms with Crippen molar-refractivity contribution in [3.05, 3.63) is 0 Å². The molecule has 4 nitrogen and oxygen atoms in total. The summed E-state index contributed by atoms with van der Waals surface area (Å²) in [5, 5.41) is 0.185. The van der Waals surface area contributed by atoms with Gasteiger partial charge in [-0.25, -0.2) is 5.06 Å². The van der Waals surface area contributed by atoms with E-state index in [1.165, 1.54) is 6.92 Å². The number of amides is 1. The summed E-state index contributed by atoms with van der Waals surface area (Å²) in [6.45, 7) is -0.172. The molecule has 2 N–H and O–H groups in total. The third-order valence-corrected chi connectivity index (χ3v) is 1.18. The lowest BCUT2D eigenvalue weighted by molar-refractivity contribution is -0.224. The summed E-state index contributed by atoms with van der Waals surface area (Å²) in [6, 6.07) is -1.01. The number of hydrogen-bond donors (Lipinski definition) is 1. The maximum Gasteiger partial charge on any atom is 0.408 e. The molecule has 0 bridgehead atoms. The molecule has 0 aliphatic heterocycles. The number of nitrogens with zero attached hydrogens (tertiary/aromatic N) is 1. The second-order valence-electron chi connectivity index (χ2n) is 2.46. The number of hydrogen-bond acceptors (Lipinski definition) is 3. The number of hydroxylamine groups is 2. The Morgan fingerprint density at radius 3 is 2.31 bits per heavy atom. The van der Waals surface area contributed by atoms with E-state index in [0.29, 0.717) is 0 Å². The fraction of sp³-hybridized carbons (Fsp3) is 0.833. The molecule has 78 valence electrons. The van der Waals surface area contributed by atoms with E-state index in [0.717, 1.165) is 7.11 Å². The van der Waals surface area contributed by atoms with Gasteiger partial charge in [-0.2, -0.15) is 13.2 Å². The van der Waals surface area contributed by atoms with E-state index in [-0.39, 0.29) is 5.06 Å². The summed E-state index contributed by atoms with van der Waals surface area (Å²) < 4.78 is 35.4. The molecule has 0 rings (SSSR count). The highest BCUT2D eigenvalue weighted by molar-refractivity contribution is 5.80. The maximum atomic E-state index is 11.8. The van der Waals surface area contributed by atoms with Gasteiger partial charge >= 0.3 is 6.18 Å². The Kier molecular flexibility index (Phi) is 4.15. The predicted octanol–water partition coefficient (Wildman–Crippen LogP) is 0.286. The fourth-order valence-electron chi connectivity index (χ4n) is 0.622. The minimum Gasteiger partial charge on any atom is -0.320 e. The van der Waals surface area contributed by atoms with E-state index < -0.39 is 24.7 Å². The van der Waals surface area contributed by atoms with Crippen LogP contribution in [0.4, 0.5) is 13.2 Å². The highest BCUT2D eigenvalue weighted by atomic mass is 19.4.